The Morgan fingerprint density at radius 3 is 2.42 bits per heavy atom. The number of nitrogens with zero attached hydrogens (tertiary/aromatic N) is 1. The topological polar surface area (TPSA) is 108 Å². The number of sulfonamides is 1. The van der Waals surface area contributed by atoms with Crippen molar-refractivity contribution in [2.24, 2.45) is 5.92 Å². The third-order valence-electron chi connectivity index (χ3n) is 3.20. The maximum atomic E-state index is 12.4. The molecule has 2 rings (SSSR count). The van der Waals surface area contributed by atoms with Gasteiger partial charge in [0.1, 0.15) is 22.0 Å². The van der Waals surface area contributed by atoms with Gasteiger partial charge < -0.3 is 14.6 Å². The molecule has 0 aliphatic carbocycles. The van der Waals surface area contributed by atoms with Crippen molar-refractivity contribution in [1.29, 1.82) is 0 Å². The molecule has 1 saturated heterocycles. The highest BCUT2D eigenvalue weighted by Gasteiger charge is 2.41. The summed E-state index contributed by atoms with van der Waals surface area (Å²) in [5, 5.41) is 18.0. The first-order chi connectivity index (χ1) is 8.78. The number of furan rings is 1. The van der Waals surface area contributed by atoms with Crippen molar-refractivity contribution in [3.05, 3.63) is 17.1 Å². The second-order valence-corrected chi connectivity index (χ2v) is 6.47. The maximum Gasteiger partial charge on any atom is 0.340 e. The number of aromatic carboxylic acids is 1. The van der Waals surface area contributed by atoms with Crippen LogP contribution in [0.4, 0.5) is 0 Å². The van der Waals surface area contributed by atoms with Gasteiger partial charge in [-0.2, -0.15) is 4.31 Å². The molecule has 1 fully saturated rings. The van der Waals surface area contributed by atoms with E-state index in [-0.39, 0.29) is 47.6 Å². The normalized spacial score (nSPS) is 17.4. The molecule has 19 heavy (non-hydrogen) atoms. The summed E-state index contributed by atoms with van der Waals surface area (Å²) in [6.07, 6.45) is 0. The van der Waals surface area contributed by atoms with Gasteiger partial charge in [0, 0.05) is 25.6 Å². The van der Waals surface area contributed by atoms with E-state index in [2.05, 4.69) is 0 Å². The summed E-state index contributed by atoms with van der Waals surface area (Å²) in [5.41, 5.74) is -0.315. The summed E-state index contributed by atoms with van der Waals surface area (Å²) in [4.78, 5) is 10.9. The van der Waals surface area contributed by atoms with E-state index in [1.165, 1.54) is 13.8 Å². The fourth-order valence-electron chi connectivity index (χ4n) is 2.18. The lowest BCUT2D eigenvalue weighted by Gasteiger charge is -2.36. The Morgan fingerprint density at radius 2 is 1.95 bits per heavy atom. The highest BCUT2D eigenvalue weighted by molar-refractivity contribution is 7.89. The molecule has 0 spiro atoms. The van der Waals surface area contributed by atoms with Crippen LogP contribution in [0, 0.1) is 19.8 Å². The lowest BCUT2D eigenvalue weighted by Crippen LogP contribution is -2.51. The van der Waals surface area contributed by atoms with E-state index in [0.29, 0.717) is 0 Å². The minimum absolute atomic E-state index is 0.0716. The maximum absolute atomic E-state index is 12.4. The van der Waals surface area contributed by atoms with Crippen molar-refractivity contribution in [3.63, 3.8) is 0 Å². The number of carbonyl (C=O) groups is 1. The van der Waals surface area contributed by atoms with Crippen LogP contribution in [0.25, 0.3) is 0 Å². The van der Waals surface area contributed by atoms with Crippen LogP contribution in [0.2, 0.25) is 0 Å². The van der Waals surface area contributed by atoms with Gasteiger partial charge in [-0.15, -0.1) is 0 Å². The van der Waals surface area contributed by atoms with Crippen LogP contribution in [-0.2, 0) is 10.0 Å². The second kappa shape index (κ2) is 4.62. The van der Waals surface area contributed by atoms with Crippen molar-refractivity contribution < 1.29 is 27.8 Å². The van der Waals surface area contributed by atoms with E-state index in [4.69, 9.17) is 14.6 Å². The third-order valence-corrected chi connectivity index (χ3v) is 5.18. The zero-order valence-corrected chi connectivity index (χ0v) is 11.4. The molecule has 0 amide bonds. The highest BCUT2D eigenvalue weighted by Crippen LogP contribution is 2.32. The van der Waals surface area contributed by atoms with Gasteiger partial charge in [-0.3, -0.25) is 0 Å². The Bertz CT molecular complexity index is 611. The van der Waals surface area contributed by atoms with Gasteiger partial charge in [0.05, 0.1) is 0 Å². The van der Waals surface area contributed by atoms with E-state index in [1.807, 2.05) is 0 Å². The number of rotatable bonds is 4. The molecule has 1 aliphatic heterocycles. The van der Waals surface area contributed by atoms with Crippen LogP contribution in [0.15, 0.2) is 9.31 Å². The zero-order valence-electron chi connectivity index (χ0n) is 10.6. The Morgan fingerprint density at radius 1 is 1.37 bits per heavy atom. The van der Waals surface area contributed by atoms with Crippen LogP contribution in [0.1, 0.15) is 21.9 Å². The van der Waals surface area contributed by atoms with E-state index in [0.717, 1.165) is 4.31 Å². The fourth-order valence-corrected chi connectivity index (χ4v) is 4.15. The molecule has 106 valence electrons. The molecular formula is C11H15NO6S. The van der Waals surface area contributed by atoms with E-state index in [9.17, 15) is 13.2 Å². The Hall–Kier alpha value is -1.38. The van der Waals surface area contributed by atoms with Gasteiger partial charge in [0.25, 0.3) is 0 Å². The first kappa shape index (κ1) is 14.0. The summed E-state index contributed by atoms with van der Waals surface area (Å²) >= 11 is 0. The first-order valence-corrected chi connectivity index (χ1v) is 7.17. The smallest absolute Gasteiger partial charge is 0.340 e. The number of hydrogen-bond donors (Lipinski definition) is 2. The molecule has 7 nitrogen and oxygen atoms in total. The zero-order chi connectivity index (χ0) is 14.4. The second-order valence-electron chi connectivity index (χ2n) is 4.59. The van der Waals surface area contributed by atoms with E-state index in [1.54, 1.807) is 0 Å². The molecule has 0 atom stereocenters. The van der Waals surface area contributed by atoms with Crippen molar-refractivity contribution in [2.45, 2.75) is 18.7 Å². The summed E-state index contributed by atoms with van der Waals surface area (Å²) in [5.74, 6) is -1.27. The van der Waals surface area contributed by atoms with Crippen molar-refractivity contribution in [2.75, 3.05) is 19.7 Å². The lowest BCUT2D eigenvalue weighted by molar-refractivity contribution is 0.0690. The Balaban J connectivity index is 2.45. The van der Waals surface area contributed by atoms with Crippen LogP contribution in [-0.4, -0.2) is 48.6 Å². The van der Waals surface area contributed by atoms with Gasteiger partial charge >= 0.3 is 5.97 Å². The number of aliphatic hydroxyl groups is 1. The largest absolute Gasteiger partial charge is 0.478 e. The number of carboxylic acids is 1. The van der Waals surface area contributed by atoms with Crippen molar-refractivity contribution in [3.8, 4) is 0 Å². The molecular weight excluding hydrogens is 274 g/mol. The molecule has 2 N–H and O–H groups in total. The molecule has 1 aromatic rings. The molecule has 0 aromatic carbocycles. The van der Waals surface area contributed by atoms with E-state index >= 15 is 0 Å². The SMILES string of the molecule is Cc1oc(C)c(S(=O)(=O)N2CC(CO)C2)c1C(=O)O. The monoisotopic (exact) mass is 289 g/mol. The summed E-state index contributed by atoms with van der Waals surface area (Å²) in [6.45, 7) is 3.15. The number of carboxylic acid groups (broad SMARTS) is 1. The van der Waals surface area contributed by atoms with Crippen LogP contribution >= 0.6 is 0 Å². The number of aliphatic hydroxyl groups excluding tert-OH is 1. The Labute approximate surface area is 110 Å². The van der Waals surface area contributed by atoms with Gasteiger partial charge in [0.2, 0.25) is 10.0 Å². The van der Waals surface area contributed by atoms with Gasteiger partial charge in [-0.25, -0.2) is 13.2 Å². The molecule has 1 aromatic heterocycles. The van der Waals surface area contributed by atoms with Crippen LogP contribution < -0.4 is 0 Å². The van der Waals surface area contributed by atoms with Crippen molar-refractivity contribution >= 4 is 16.0 Å². The summed E-state index contributed by atoms with van der Waals surface area (Å²) < 4.78 is 31.0. The standard InChI is InChI=1S/C11H15NO6S/c1-6-9(11(14)15)10(7(2)18-6)19(16,17)12-3-8(4-12)5-13/h8,13H,3-5H2,1-2H3,(H,14,15). The molecule has 0 radical (unpaired) electrons. The van der Waals surface area contributed by atoms with Gasteiger partial charge in [0.15, 0.2) is 0 Å². The van der Waals surface area contributed by atoms with Crippen molar-refractivity contribution in [1.82, 2.24) is 4.31 Å². The lowest BCUT2D eigenvalue weighted by atomic mass is 10.1. The average Bonchev–Trinajstić information content (AvgIpc) is 2.52. The quantitative estimate of drug-likeness (QED) is 0.820. The van der Waals surface area contributed by atoms with Crippen LogP contribution in [0.5, 0.6) is 0 Å². The van der Waals surface area contributed by atoms with Crippen LogP contribution in [0.3, 0.4) is 0 Å². The third kappa shape index (κ3) is 2.15. The van der Waals surface area contributed by atoms with E-state index < -0.39 is 16.0 Å². The minimum atomic E-state index is -3.88. The number of aryl methyl sites for hydroxylation is 2. The average molecular weight is 289 g/mol. The Kier molecular flexibility index (Phi) is 3.41. The molecule has 0 saturated carbocycles. The fraction of sp³-hybridized carbons (Fsp3) is 0.545. The minimum Gasteiger partial charge on any atom is -0.478 e. The molecule has 8 heteroatoms. The predicted octanol–water partition coefficient (Wildman–Crippen LogP) is 0.207. The van der Waals surface area contributed by atoms with Gasteiger partial charge in [-0.1, -0.05) is 0 Å². The highest BCUT2D eigenvalue weighted by atomic mass is 32.2. The molecule has 0 unspecified atom stereocenters. The predicted molar refractivity (Wildman–Crippen MR) is 64.5 cm³/mol. The summed E-state index contributed by atoms with van der Waals surface area (Å²) in [7, 11) is -3.88. The molecule has 2 heterocycles. The van der Waals surface area contributed by atoms with Gasteiger partial charge in [-0.05, 0) is 13.8 Å². The molecule has 1 aliphatic rings. The number of hydrogen-bond acceptors (Lipinski definition) is 5. The molecule has 0 bridgehead atoms. The summed E-state index contributed by atoms with van der Waals surface area (Å²) in [6, 6.07) is 0. The first-order valence-electron chi connectivity index (χ1n) is 5.73.